The lowest BCUT2D eigenvalue weighted by Crippen LogP contribution is -2.43. The summed E-state index contributed by atoms with van der Waals surface area (Å²) in [6.45, 7) is 2.07. The summed E-state index contributed by atoms with van der Waals surface area (Å²) >= 11 is 0. The quantitative estimate of drug-likeness (QED) is 0.789. The molecule has 0 radical (unpaired) electrons. The highest BCUT2D eigenvalue weighted by molar-refractivity contribution is 5.81. The van der Waals surface area contributed by atoms with Crippen molar-refractivity contribution in [1.29, 1.82) is 0 Å². The van der Waals surface area contributed by atoms with Crippen LogP contribution in [0.25, 0.3) is 0 Å². The summed E-state index contributed by atoms with van der Waals surface area (Å²) in [5.41, 5.74) is 0.418. The SMILES string of the molecule is CC(C(=O)NCc1ccccc1F)N(C)CCC(=O)O. The van der Waals surface area contributed by atoms with E-state index in [1.165, 1.54) is 6.07 Å². The minimum atomic E-state index is -0.907. The van der Waals surface area contributed by atoms with E-state index >= 15 is 0 Å². The molecule has 0 saturated heterocycles. The van der Waals surface area contributed by atoms with Crippen molar-refractivity contribution in [2.24, 2.45) is 0 Å². The Balaban J connectivity index is 2.46. The Labute approximate surface area is 117 Å². The molecule has 0 aliphatic heterocycles. The molecule has 1 atom stereocenters. The van der Waals surface area contributed by atoms with Gasteiger partial charge in [0, 0.05) is 18.7 Å². The lowest BCUT2D eigenvalue weighted by atomic mass is 10.2. The van der Waals surface area contributed by atoms with Crippen LogP contribution in [0.15, 0.2) is 24.3 Å². The molecule has 0 fully saturated rings. The Morgan fingerprint density at radius 1 is 1.40 bits per heavy atom. The second-order valence-corrected chi connectivity index (χ2v) is 4.61. The third kappa shape index (κ3) is 4.97. The number of amides is 1. The van der Waals surface area contributed by atoms with Crippen LogP contribution in [0.1, 0.15) is 18.9 Å². The lowest BCUT2D eigenvalue weighted by molar-refractivity contribution is -0.138. The summed E-state index contributed by atoms with van der Waals surface area (Å²) in [6, 6.07) is 5.76. The van der Waals surface area contributed by atoms with Crippen molar-refractivity contribution >= 4 is 11.9 Å². The number of hydrogen-bond donors (Lipinski definition) is 2. The zero-order chi connectivity index (χ0) is 15.1. The fourth-order valence-corrected chi connectivity index (χ4v) is 1.64. The molecule has 0 bridgehead atoms. The van der Waals surface area contributed by atoms with Crippen LogP contribution in [0.3, 0.4) is 0 Å². The number of rotatable bonds is 7. The average Bonchev–Trinajstić information content (AvgIpc) is 2.42. The van der Waals surface area contributed by atoms with E-state index in [1.54, 1.807) is 37.1 Å². The van der Waals surface area contributed by atoms with Crippen LogP contribution in [0.4, 0.5) is 4.39 Å². The van der Waals surface area contributed by atoms with E-state index in [-0.39, 0.29) is 31.2 Å². The van der Waals surface area contributed by atoms with Gasteiger partial charge in [-0.1, -0.05) is 18.2 Å². The zero-order valence-electron chi connectivity index (χ0n) is 11.6. The number of aliphatic carboxylic acids is 1. The van der Waals surface area contributed by atoms with Gasteiger partial charge in [-0.3, -0.25) is 14.5 Å². The Morgan fingerprint density at radius 2 is 2.05 bits per heavy atom. The molecular weight excluding hydrogens is 263 g/mol. The molecular formula is C14H19FN2O3. The molecule has 0 saturated carbocycles. The Hall–Kier alpha value is -1.95. The summed E-state index contributed by atoms with van der Waals surface area (Å²) in [6.07, 6.45) is -0.0264. The van der Waals surface area contributed by atoms with E-state index < -0.39 is 12.0 Å². The first-order valence-electron chi connectivity index (χ1n) is 6.35. The maximum absolute atomic E-state index is 13.4. The first kappa shape index (κ1) is 16.1. The molecule has 1 rings (SSSR count). The van der Waals surface area contributed by atoms with Gasteiger partial charge in [-0.2, -0.15) is 0 Å². The van der Waals surface area contributed by atoms with Gasteiger partial charge in [0.05, 0.1) is 12.5 Å². The molecule has 2 N–H and O–H groups in total. The van der Waals surface area contributed by atoms with Gasteiger partial charge in [-0.25, -0.2) is 4.39 Å². The fraction of sp³-hybridized carbons (Fsp3) is 0.429. The van der Waals surface area contributed by atoms with Gasteiger partial charge in [0.1, 0.15) is 5.82 Å². The van der Waals surface area contributed by atoms with Gasteiger partial charge in [-0.15, -0.1) is 0 Å². The van der Waals surface area contributed by atoms with E-state index in [9.17, 15) is 14.0 Å². The molecule has 0 aromatic heterocycles. The number of nitrogens with one attached hydrogen (secondary N) is 1. The van der Waals surface area contributed by atoms with Crippen molar-refractivity contribution in [3.05, 3.63) is 35.6 Å². The standard InChI is InChI=1S/C14H19FN2O3/c1-10(17(2)8-7-13(18)19)14(20)16-9-11-5-3-4-6-12(11)15/h3-6,10H,7-9H2,1-2H3,(H,16,20)(H,18,19). The number of carbonyl (C=O) groups excluding carboxylic acids is 1. The highest BCUT2D eigenvalue weighted by atomic mass is 19.1. The summed E-state index contributed by atoms with van der Waals surface area (Å²) < 4.78 is 13.4. The fourth-order valence-electron chi connectivity index (χ4n) is 1.64. The van der Waals surface area contributed by atoms with E-state index in [0.717, 1.165) is 0 Å². The van der Waals surface area contributed by atoms with Gasteiger partial charge >= 0.3 is 5.97 Å². The number of carboxylic acid groups (broad SMARTS) is 1. The number of nitrogens with zero attached hydrogens (tertiary/aromatic N) is 1. The molecule has 0 spiro atoms. The van der Waals surface area contributed by atoms with E-state index in [0.29, 0.717) is 5.56 Å². The van der Waals surface area contributed by atoms with Crippen LogP contribution in [0.2, 0.25) is 0 Å². The van der Waals surface area contributed by atoms with Crippen molar-refractivity contribution in [2.75, 3.05) is 13.6 Å². The van der Waals surface area contributed by atoms with Crippen LogP contribution >= 0.6 is 0 Å². The molecule has 0 heterocycles. The molecule has 1 aromatic rings. The van der Waals surface area contributed by atoms with Crippen molar-refractivity contribution in [3.63, 3.8) is 0 Å². The van der Waals surface area contributed by atoms with E-state index in [1.807, 2.05) is 0 Å². The first-order valence-corrected chi connectivity index (χ1v) is 6.35. The van der Waals surface area contributed by atoms with Crippen LogP contribution in [-0.2, 0) is 16.1 Å². The van der Waals surface area contributed by atoms with Crippen LogP contribution in [0, 0.1) is 5.82 Å². The maximum Gasteiger partial charge on any atom is 0.304 e. The third-order valence-electron chi connectivity index (χ3n) is 3.13. The Morgan fingerprint density at radius 3 is 2.65 bits per heavy atom. The number of hydrogen-bond acceptors (Lipinski definition) is 3. The number of carboxylic acids is 1. The monoisotopic (exact) mass is 282 g/mol. The summed E-state index contributed by atoms with van der Waals surface area (Å²) in [5, 5.41) is 11.2. The van der Waals surface area contributed by atoms with Crippen LogP contribution < -0.4 is 5.32 Å². The van der Waals surface area contributed by atoms with Gasteiger partial charge in [0.25, 0.3) is 0 Å². The predicted octanol–water partition coefficient (Wildman–Crippen LogP) is 1.24. The van der Waals surface area contributed by atoms with Crippen molar-refractivity contribution in [2.45, 2.75) is 25.9 Å². The van der Waals surface area contributed by atoms with Crippen molar-refractivity contribution in [3.8, 4) is 0 Å². The number of likely N-dealkylation sites (N-methyl/N-ethyl adjacent to an activating group) is 1. The number of halogens is 1. The predicted molar refractivity (Wildman–Crippen MR) is 72.6 cm³/mol. The van der Waals surface area contributed by atoms with Crippen LogP contribution in [-0.4, -0.2) is 41.5 Å². The molecule has 1 aromatic carbocycles. The minimum absolute atomic E-state index is 0.0264. The summed E-state index contributed by atoms with van der Waals surface area (Å²) in [7, 11) is 1.68. The zero-order valence-corrected chi connectivity index (χ0v) is 11.6. The van der Waals surface area contributed by atoms with Crippen molar-refractivity contribution in [1.82, 2.24) is 10.2 Å². The van der Waals surface area contributed by atoms with Gasteiger partial charge in [0.2, 0.25) is 5.91 Å². The molecule has 1 unspecified atom stereocenters. The van der Waals surface area contributed by atoms with Gasteiger partial charge in [0.15, 0.2) is 0 Å². The molecule has 1 amide bonds. The number of carbonyl (C=O) groups is 2. The molecule has 0 aliphatic carbocycles. The lowest BCUT2D eigenvalue weighted by Gasteiger charge is -2.23. The smallest absolute Gasteiger partial charge is 0.304 e. The molecule has 6 heteroatoms. The Kier molecular flexibility index (Phi) is 6.11. The topological polar surface area (TPSA) is 69.6 Å². The average molecular weight is 282 g/mol. The largest absolute Gasteiger partial charge is 0.481 e. The van der Waals surface area contributed by atoms with Gasteiger partial charge < -0.3 is 10.4 Å². The summed E-state index contributed by atoms with van der Waals surface area (Å²) in [4.78, 5) is 24.0. The normalized spacial score (nSPS) is 12.2. The maximum atomic E-state index is 13.4. The second kappa shape index (κ2) is 7.59. The summed E-state index contributed by atoms with van der Waals surface area (Å²) in [5.74, 6) is -1.53. The van der Waals surface area contributed by atoms with Crippen molar-refractivity contribution < 1.29 is 19.1 Å². The molecule has 110 valence electrons. The number of benzene rings is 1. The second-order valence-electron chi connectivity index (χ2n) is 4.61. The highest BCUT2D eigenvalue weighted by Crippen LogP contribution is 2.06. The van der Waals surface area contributed by atoms with Crippen LogP contribution in [0.5, 0.6) is 0 Å². The first-order chi connectivity index (χ1) is 9.41. The third-order valence-corrected chi connectivity index (χ3v) is 3.13. The molecule has 20 heavy (non-hydrogen) atoms. The minimum Gasteiger partial charge on any atom is -0.481 e. The Bertz CT molecular complexity index is 479. The van der Waals surface area contributed by atoms with Gasteiger partial charge in [-0.05, 0) is 20.0 Å². The molecule has 5 nitrogen and oxygen atoms in total. The highest BCUT2D eigenvalue weighted by Gasteiger charge is 2.18. The van der Waals surface area contributed by atoms with E-state index in [2.05, 4.69) is 5.32 Å². The molecule has 0 aliphatic rings. The van der Waals surface area contributed by atoms with E-state index in [4.69, 9.17) is 5.11 Å².